The van der Waals surface area contributed by atoms with Crippen LogP contribution in [-0.4, -0.2) is 33.6 Å². The fourth-order valence-corrected chi connectivity index (χ4v) is 5.88. The molecule has 1 aromatic heterocycles. The lowest BCUT2D eigenvalue weighted by Crippen LogP contribution is -2.34. The third-order valence-electron chi connectivity index (χ3n) is 5.63. The molecule has 3 atom stereocenters. The number of nitrogens with one attached hydrogen (secondary N) is 1. The van der Waals surface area contributed by atoms with E-state index < -0.39 is 0 Å². The van der Waals surface area contributed by atoms with Gasteiger partial charge in [0.2, 0.25) is 11.0 Å². The second-order valence-corrected chi connectivity index (χ2v) is 10.0. The van der Waals surface area contributed by atoms with Crippen LogP contribution >= 0.6 is 23.1 Å². The third-order valence-corrected chi connectivity index (χ3v) is 7.72. The van der Waals surface area contributed by atoms with Gasteiger partial charge in [-0.05, 0) is 49.3 Å². The highest BCUT2D eigenvalue weighted by atomic mass is 32.2. The number of hydrogen-bond acceptors (Lipinski definition) is 8. The number of methoxy groups -OCH3 is 1. The molecule has 2 aliphatic rings. The molecule has 0 bridgehead atoms. The summed E-state index contributed by atoms with van der Waals surface area (Å²) in [6, 6.07) is 8.67. The molecule has 31 heavy (non-hydrogen) atoms. The Balaban J connectivity index is 1.34. The van der Waals surface area contributed by atoms with E-state index in [9.17, 15) is 4.79 Å². The standard InChI is InChI=1S/C22H25N5O2S2/c1-13-6-7-14(10-17(13)29-2)11-19(28)25-22-24-9-8-18(30-22)15-4-3-5-16(12-15)20-26-27-21(23)31-20/h6-7,10,15-16,18H,3-5,11-12H2,1-2H3,(H2,23,27)(H,24,25,28)/t15-,16-,18?/m1/s1. The van der Waals surface area contributed by atoms with Crippen molar-refractivity contribution in [1.29, 1.82) is 0 Å². The van der Waals surface area contributed by atoms with Gasteiger partial charge in [-0.15, -0.1) is 10.2 Å². The lowest BCUT2D eigenvalue weighted by molar-refractivity contribution is -0.119. The van der Waals surface area contributed by atoms with Gasteiger partial charge in [-0.1, -0.05) is 47.6 Å². The molecule has 9 heteroatoms. The minimum Gasteiger partial charge on any atom is -0.496 e. The van der Waals surface area contributed by atoms with E-state index in [2.05, 4.69) is 32.5 Å². The number of ether oxygens (including phenoxy) is 1. The molecule has 1 saturated carbocycles. The molecule has 0 spiro atoms. The van der Waals surface area contributed by atoms with Crippen LogP contribution in [0, 0.1) is 24.8 Å². The van der Waals surface area contributed by atoms with Crippen molar-refractivity contribution in [3.05, 3.63) is 34.3 Å². The van der Waals surface area contributed by atoms with Crippen LogP contribution in [0.25, 0.3) is 0 Å². The Kier molecular flexibility index (Phi) is 6.78. The summed E-state index contributed by atoms with van der Waals surface area (Å²) in [4.78, 5) is 16.8. The number of nitrogen functional groups attached to an aromatic ring is 1. The molecule has 7 nitrogen and oxygen atoms in total. The van der Waals surface area contributed by atoms with E-state index in [1.165, 1.54) is 11.3 Å². The van der Waals surface area contributed by atoms with Crippen molar-refractivity contribution in [2.75, 3.05) is 12.8 Å². The molecule has 0 radical (unpaired) electrons. The molecule has 1 aliphatic carbocycles. The van der Waals surface area contributed by atoms with Crippen molar-refractivity contribution in [3.63, 3.8) is 0 Å². The molecular weight excluding hydrogens is 430 g/mol. The fourth-order valence-electron chi connectivity index (χ4n) is 4.06. The minimum absolute atomic E-state index is 0.106. The highest BCUT2D eigenvalue weighted by Crippen LogP contribution is 2.41. The smallest absolute Gasteiger partial charge is 0.230 e. The number of aryl methyl sites for hydroxylation is 1. The Hall–Kier alpha value is -2.57. The summed E-state index contributed by atoms with van der Waals surface area (Å²) < 4.78 is 5.35. The van der Waals surface area contributed by atoms with Gasteiger partial charge >= 0.3 is 0 Å². The molecule has 1 aromatic carbocycles. The average Bonchev–Trinajstić information content (AvgIpc) is 3.21. The molecule has 1 unspecified atom stereocenters. The Bertz CT molecular complexity index is 1060. The molecular formula is C22H25N5O2S2. The second kappa shape index (κ2) is 9.71. The summed E-state index contributed by atoms with van der Waals surface area (Å²) in [5.41, 5.74) is 7.70. The summed E-state index contributed by atoms with van der Waals surface area (Å²) in [7, 11) is 1.63. The van der Waals surface area contributed by atoms with Crippen LogP contribution in [0.2, 0.25) is 0 Å². The van der Waals surface area contributed by atoms with E-state index in [-0.39, 0.29) is 17.6 Å². The van der Waals surface area contributed by atoms with Crippen molar-refractivity contribution in [3.8, 4) is 17.7 Å². The molecule has 162 valence electrons. The van der Waals surface area contributed by atoms with Crippen molar-refractivity contribution in [2.45, 2.75) is 50.2 Å². The van der Waals surface area contributed by atoms with Crippen LogP contribution in [-0.2, 0) is 11.2 Å². The molecule has 1 aliphatic heterocycles. The fraction of sp³-hybridized carbons (Fsp3) is 0.455. The average molecular weight is 456 g/mol. The van der Waals surface area contributed by atoms with Crippen molar-refractivity contribution in [2.24, 2.45) is 10.9 Å². The van der Waals surface area contributed by atoms with Crippen molar-refractivity contribution in [1.82, 2.24) is 15.5 Å². The lowest BCUT2D eigenvalue weighted by Gasteiger charge is -2.31. The van der Waals surface area contributed by atoms with E-state index >= 15 is 0 Å². The van der Waals surface area contributed by atoms with Gasteiger partial charge < -0.3 is 15.8 Å². The maximum Gasteiger partial charge on any atom is 0.230 e. The Labute approximate surface area is 190 Å². The predicted molar refractivity (Wildman–Crippen MR) is 125 cm³/mol. The number of hydrogen-bond donors (Lipinski definition) is 2. The molecule has 2 aromatic rings. The van der Waals surface area contributed by atoms with E-state index in [0.29, 0.717) is 22.1 Å². The SMILES string of the molecule is COc1cc(CC(=O)NC2=NC#CC([C@@H]3CCC[C@@H](c4nnc(N)s4)C3)S2)ccc1C. The first-order valence-corrected chi connectivity index (χ1v) is 12.0. The van der Waals surface area contributed by atoms with Gasteiger partial charge in [0.05, 0.1) is 18.8 Å². The minimum atomic E-state index is -0.106. The van der Waals surface area contributed by atoms with Gasteiger partial charge in [-0.2, -0.15) is 4.99 Å². The zero-order chi connectivity index (χ0) is 21.8. The maximum absolute atomic E-state index is 12.6. The summed E-state index contributed by atoms with van der Waals surface area (Å²) in [5.74, 6) is 4.72. The monoisotopic (exact) mass is 455 g/mol. The summed E-state index contributed by atoms with van der Waals surface area (Å²) in [6.07, 6.45) is 4.61. The number of aliphatic imine (C=N–C) groups is 1. The summed E-state index contributed by atoms with van der Waals surface area (Å²) >= 11 is 3.03. The first-order chi connectivity index (χ1) is 15.0. The number of nitrogens with zero attached hydrogens (tertiary/aromatic N) is 3. The number of benzene rings is 1. The van der Waals surface area contributed by atoms with Crippen LogP contribution in [0.3, 0.4) is 0 Å². The van der Waals surface area contributed by atoms with Crippen molar-refractivity contribution < 1.29 is 9.53 Å². The lowest BCUT2D eigenvalue weighted by atomic mass is 9.80. The van der Waals surface area contributed by atoms with Gasteiger partial charge in [0.25, 0.3) is 0 Å². The Morgan fingerprint density at radius 1 is 1.35 bits per heavy atom. The zero-order valence-corrected chi connectivity index (χ0v) is 19.2. The number of amides is 1. The van der Waals surface area contributed by atoms with Gasteiger partial charge in [0.1, 0.15) is 10.8 Å². The molecule has 1 amide bonds. The van der Waals surface area contributed by atoms with E-state index in [0.717, 1.165) is 47.6 Å². The highest BCUT2D eigenvalue weighted by Gasteiger charge is 2.32. The number of rotatable bonds is 5. The number of aromatic nitrogens is 2. The second-order valence-electron chi connectivity index (χ2n) is 7.84. The van der Waals surface area contributed by atoms with Crippen LogP contribution in [0.1, 0.15) is 47.7 Å². The van der Waals surface area contributed by atoms with Gasteiger partial charge in [0, 0.05) is 12.0 Å². The highest BCUT2D eigenvalue weighted by molar-refractivity contribution is 8.14. The summed E-state index contributed by atoms with van der Waals surface area (Å²) in [5, 5.41) is 13.4. The number of carbonyl (C=O) groups excluding carboxylic acids is 1. The van der Waals surface area contributed by atoms with Gasteiger partial charge in [0.15, 0.2) is 5.17 Å². The Morgan fingerprint density at radius 3 is 3.00 bits per heavy atom. The first kappa shape index (κ1) is 21.7. The molecule has 4 rings (SSSR count). The van der Waals surface area contributed by atoms with Gasteiger partial charge in [-0.25, -0.2) is 0 Å². The summed E-state index contributed by atoms with van der Waals surface area (Å²) in [6.45, 7) is 1.98. The van der Waals surface area contributed by atoms with E-state index in [4.69, 9.17) is 10.5 Å². The van der Waals surface area contributed by atoms with Crippen LogP contribution in [0.5, 0.6) is 5.75 Å². The molecule has 2 heterocycles. The number of anilines is 1. The number of thioether (sulfide) groups is 1. The number of nitrogens with two attached hydrogens (primary N) is 1. The van der Waals surface area contributed by atoms with Crippen LogP contribution in [0.15, 0.2) is 23.2 Å². The molecule has 1 fully saturated rings. The third kappa shape index (κ3) is 5.38. The van der Waals surface area contributed by atoms with Gasteiger partial charge in [-0.3, -0.25) is 4.79 Å². The van der Waals surface area contributed by atoms with E-state index in [1.54, 1.807) is 18.9 Å². The maximum atomic E-state index is 12.6. The normalized spacial score (nSPS) is 22.8. The van der Waals surface area contributed by atoms with Crippen molar-refractivity contribution >= 4 is 39.3 Å². The number of carbonyl (C=O) groups is 1. The Morgan fingerprint density at radius 2 is 2.23 bits per heavy atom. The first-order valence-electron chi connectivity index (χ1n) is 10.3. The topological polar surface area (TPSA) is 102 Å². The largest absolute Gasteiger partial charge is 0.496 e. The number of amidine groups is 1. The van der Waals surface area contributed by atoms with Crippen LogP contribution < -0.4 is 15.8 Å². The predicted octanol–water partition coefficient (Wildman–Crippen LogP) is 3.50. The molecule has 0 saturated heterocycles. The zero-order valence-electron chi connectivity index (χ0n) is 17.6. The molecule has 3 N–H and O–H groups in total. The quantitative estimate of drug-likeness (QED) is 0.669. The van der Waals surface area contributed by atoms with E-state index in [1.807, 2.05) is 25.1 Å². The van der Waals surface area contributed by atoms with Crippen LogP contribution in [0.4, 0.5) is 5.13 Å².